The molecule has 5 nitrogen and oxygen atoms in total. The van der Waals surface area contributed by atoms with Crippen molar-refractivity contribution < 1.29 is 23.7 Å². The molecule has 0 amide bonds. The Bertz CT molecular complexity index is 410. The van der Waals surface area contributed by atoms with E-state index in [0.717, 1.165) is 0 Å². The number of benzene rings is 1. The van der Waals surface area contributed by atoms with Gasteiger partial charge in [0.15, 0.2) is 0 Å². The molecule has 0 saturated carbocycles. The van der Waals surface area contributed by atoms with Crippen LogP contribution in [0.3, 0.4) is 0 Å². The molecule has 1 rings (SSSR count). The van der Waals surface area contributed by atoms with Crippen LogP contribution < -0.4 is 9.47 Å². The Morgan fingerprint density at radius 3 is 2.21 bits per heavy atom. The number of carbonyl (C=O) groups excluding carboxylic acids is 1. The van der Waals surface area contributed by atoms with Gasteiger partial charge in [0.1, 0.15) is 11.5 Å². The van der Waals surface area contributed by atoms with Crippen molar-refractivity contribution in [3.05, 3.63) is 23.8 Å². The zero-order valence-corrected chi connectivity index (χ0v) is 11.8. The van der Waals surface area contributed by atoms with Gasteiger partial charge in [0.25, 0.3) is 0 Å². The Morgan fingerprint density at radius 1 is 1.11 bits per heavy atom. The molecule has 0 unspecified atom stereocenters. The second-order valence-electron chi connectivity index (χ2n) is 3.67. The summed E-state index contributed by atoms with van der Waals surface area (Å²) in [5.41, 5.74) is 0.412. The van der Waals surface area contributed by atoms with Gasteiger partial charge in [-0.2, -0.15) is 0 Å². The van der Waals surface area contributed by atoms with Crippen molar-refractivity contribution in [3.63, 3.8) is 0 Å². The maximum Gasteiger partial charge on any atom is 0.222 e. The lowest BCUT2D eigenvalue weighted by Gasteiger charge is -2.17. The van der Waals surface area contributed by atoms with Crippen molar-refractivity contribution in [3.8, 4) is 11.5 Å². The Hall–Kier alpha value is -1.59. The number of rotatable bonds is 8. The summed E-state index contributed by atoms with van der Waals surface area (Å²) >= 11 is 0. The van der Waals surface area contributed by atoms with Gasteiger partial charge in [-0.1, -0.05) is 0 Å². The molecule has 0 spiro atoms. The van der Waals surface area contributed by atoms with Gasteiger partial charge in [-0.25, -0.2) is 0 Å². The van der Waals surface area contributed by atoms with Crippen LogP contribution in [0, 0.1) is 0 Å². The lowest BCUT2D eigenvalue weighted by atomic mass is 10.1. The third-order valence-electron chi connectivity index (χ3n) is 2.52. The average Bonchev–Trinajstić information content (AvgIpc) is 2.45. The van der Waals surface area contributed by atoms with E-state index in [2.05, 4.69) is 0 Å². The van der Waals surface area contributed by atoms with E-state index < -0.39 is 6.29 Å². The summed E-state index contributed by atoms with van der Waals surface area (Å²) in [6.45, 7) is 4.42. The number of carbonyl (C=O) groups is 1. The van der Waals surface area contributed by atoms with Crippen molar-refractivity contribution in [1.82, 2.24) is 0 Å². The highest BCUT2D eigenvalue weighted by molar-refractivity contribution is 6.01. The molecule has 5 heteroatoms. The first-order chi connectivity index (χ1) is 9.17. The topological polar surface area (TPSA) is 54.0 Å². The second kappa shape index (κ2) is 7.76. The maximum absolute atomic E-state index is 12.3. The fraction of sp³-hybridized carbons (Fsp3) is 0.500. The van der Waals surface area contributed by atoms with E-state index in [4.69, 9.17) is 18.9 Å². The first-order valence-corrected chi connectivity index (χ1v) is 6.17. The number of Topliss-reactive ketones (excluding diaryl/α,β-unsaturated/α-hetero) is 1. The number of ether oxygens (including phenoxy) is 4. The van der Waals surface area contributed by atoms with Gasteiger partial charge in [0.05, 0.1) is 19.8 Å². The highest BCUT2D eigenvalue weighted by atomic mass is 16.7. The van der Waals surface area contributed by atoms with Crippen LogP contribution in [0.1, 0.15) is 24.2 Å². The van der Waals surface area contributed by atoms with Crippen LogP contribution in [0.2, 0.25) is 0 Å². The monoisotopic (exact) mass is 268 g/mol. The van der Waals surface area contributed by atoms with Gasteiger partial charge in [0, 0.05) is 19.3 Å². The molecule has 0 aliphatic rings. The lowest BCUT2D eigenvalue weighted by molar-refractivity contribution is -0.107. The molecule has 0 saturated heterocycles. The van der Waals surface area contributed by atoms with Crippen LogP contribution >= 0.6 is 0 Å². The minimum Gasteiger partial charge on any atom is -0.497 e. The minimum atomic E-state index is -0.905. The van der Waals surface area contributed by atoms with Gasteiger partial charge in [-0.05, 0) is 26.0 Å². The highest BCUT2D eigenvalue weighted by Crippen LogP contribution is 2.26. The van der Waals surface area contributed by atoms with E-state index in [1.165, 1.54) is 7.11 Å². The van der Waals surface area contributed by atoms with Gasteiger partial charge in [0.2, 0.25) is 12.1 Å². The minimum absolute atomic E-state index is 0.261. The summed E-state index contributed by atoms with van der Waals surface area (Å²) in [6, 6.07) is 5.00. The Labute approximate surface area is 113 Å². The summed E-state index contributed by atoms with van der Waals surface area (Å²) in [6.07, 6.45) is -0.905. The van der Waals surface area contributed by atoms with Gasteiger partial charge in [-0.15, -0.1) is 0 Å². The number of methoxy groups -OCH3 is 2. The summed E-state index contributed by atoms with van der Waals surface area (Å²) in [4.78, 5) is 12.3. The molecule has 0 atom stereocenters. The molecule has 0 N–H and O–H groups in total. The largest absolute Gasteiger partial charge is 0.497 e. The van der Waals surface area contributed by atoms with Crippen LogP contribution in [0.15, 0.2) is 18.2 Å². The molecule has 0 aliphatic carbocycles. The molecule has 0 bridgehead atoms. The quantitative estimate of drug-likeness (QED) is 0.535. The van der Waals surface area contributed by atoms with Crippen LogP contribution in [0.4, 0.5) is 0 Å². The first kappa shape index (κ1) is 15.5. The SMILES string of the molecule is CCOC(OCC)C(=O)c1ccc(OC)cc1OC. The number of ketones is 1. The van der Waals surface area contributed by atoms with E-state index in [9.17, 15) is 4.79 Å². The first-order valence-electron chi connectivity index (χ1n) is 6.17. The third kappa shape index (κ3) is 3.94. The molecular weight excluding hydrogens is 248 g/mol. The zero-order valence-electron chi connectivity index (χ0n) is 11.8. The van der Waals surface area contributed by atoms with Crippen LogP contribution in [0.25, 0.3) is 0 Å². The molecule has 19 heavy (non-hydrogen) atoms. The predicted octanol–water partition coefficient (Wildman–Crippen LogP) is 2.29. The van der Waals surface area contributed by atoms with E-state index in [1.807, 2.05) is 13.8 Å². The molecule has 1 aromatic carbocycles. The summed E-state index contributed by atoms with van der Waals surface area (Å²) in [5.74, 6) is 0.801. The van der Waals surface area contributed by atoms with E-state index >= 15 is 0 Å². The predicted molar refractivity (Wildman–Crippen MR) is 70.9 cm³/mol. The van der Waals surface area contributed by atoms with E-state index in [-0.39, 0.29) is 5.78 Å². The molecule has 0 aromatic heterocycles. The van der Waals surface area contributed by atoms with Gasteiger partial charge >= 0.3 is 0 Å². The average molecular weight is 268 g/mol. The maximum atomic E-state index is 12.3. The lowest BCUT2D eigenvalue weighted by Crippen LogP contribution is -2.28. The standard InChI is InChI=1S/C14H20O5/c1-5-18-14(19-6-2)13(15)11-8-7-10(16-3)9-12(11)17-4/h7-9,14H,5-6H2,1-4H3. The Kier molecular flexibility index (Phi) is 6.32. The zero-order chi connectivity index (χ0) is 14.3. The molecule has 0 aliphatic heterocycles. The molecular formula is C14H20O5. The molecule has 0 fully saturated rings. The fourth-order valence-electron chi connectivity index (χ4n) is 1.63. The van der Waals surface area contributed by atoms with Gasteiger partial charge < -0.3 is 18.9 Å². The number of hydrogen-bond acceptors (Lipinski definition) is 5. The van der Waals surface area contributed by atoms with Crippen molar-refractivity contribution in [2.75, 3.05) is 27.4 Å². The van der Waals surface area contributed by atoms with Gasteiger partial charge in [-0.3, -0.25) is 4.79 Å². The third-order valence-corrected chi connectivity index (χ3v) is 2.52. The Morgan fingerprint density at radius 2 is 1.74 bits per heavy atom. The molecule has 0 heterocycles. The summed E-state index contributed by atoms with van der Waals surface area (Å²) < 4.78 is 20.9. The van der Waals surface area contributed by atoms with E-state index in [1.54, 1.807) is 25.3 Å². The summed E-state index contributed by atoms with van der Waals surface area (Å²) in [5, 5.41) is 0. The van der Waals surface area contributed by atoms with Crippen LogP contribution in [-0.2, 0) is 9.47 Å². The van der Waals surface area contributed by atoms with Crippen molar-refractivity contribution >= 4 is 5.78 Å². The van der Waals surface area contributed by atoms with Crippen LogP contribution in [0.5, 0.6) is 11.5 Å². The van der Waals surface area contributed by atoms with Crippen molar-refractivity contribution in [2.24, 2.45) is 0 Å². The normalized spacial score (nSPS) is 10.6. The molecule has 106 valence electrons. The fourth-order valence-corrected chi connectivity index (χ4v) is 1.63. The highest BCUT2D eigenvalue weighted by Gasteiger charge is 2.24. The smallest absolute Gasteiger partial charge is 0.222 e. The molecule has 1 aromatic rings. The van der Waals surface area contributed by atoms with Crippen molar-refractivity contribution in [2.45, 2.75) is 20.1 Å². The Balaban J connectivity index is 3.02. The van der Waals surface area contributed by atoms with Crippen molar-refractivity contribution in [1.29, 1.82) is 0 Å². The van der Waals surface area contributed by atoms with E-state index in [0.29, 0.717) is 30.3 Å². The summed E-state index contributed by atoms with van der Waals surface area (Å²) in [7, 11) is 3.06. The van der Waals surface area contributed by atoms with Crippen LogP contribution in [-0.4, -0.2) is 39.5 Å². The molecule has 0 radical (unpaired) electrons. The second-order valence-corrected chi connectivity index (χ2v) is 3.67. The number of hydrogen-bond donors (Lipinski definition) is 0.